The van der Waals surface area contributed by atoms with Gasteiger partial charge >= 0.3 is 0 Å². The van der Waals surface area contributed by atoms with Crippen LogP contribution in [0.1, 0.15) is 41.5 Å². The molecular formula is C19H36O5. The lowest BCUT2D eigenvalue weighted by Gasteiger charge is -2.45. The van der Waals surface area contributed by atoms with Crippen molar-refractivity contribution in [3.63, 3.8) is 0 Å². The van der Waals surface area contributed by atoms with E-state index in [9.17, 15) is 5.11 Å². The molecule has 2 saturated heterocycles. The van der Waals surface area contributed by atoms with E-state index < -0.39 is 6.29 Å². The summed E-state index contributed by atoms with van der Waals surface area (Å²) < 4.78 is 23.4. The molecule has 5 heteroatoms. The molecule has 5 nitrogen and oxygen atoms in total. The Labute approximate surface area is 147 Å². The zero-order valence-electron chi connectivity index (χ0n) is 16.3. The largest absolute Gasteiger partial charge is 0.382 e. The molecule has 0 bridgehead atoms. The SMILES string of the molecule is COCC1O[C@@H](OCC2OC(O)C(C)[C@@H](C)[C@@H]2C)C(C)[C@@H](C)[C@@H]1C. The minimum absolute atomic E-state index is 0.0560. The molecule has 24 heavy (non-hydrogen) atoms. The second kappa shape index (κ2) is 8.45. The molecule has 0 saturated carbocycles. The molecule has 1 N–H and O–H groups in total. The van der Waals surface area contributed by atoms with Gasteiger partial charge in [0.15, 0.2) is 12.6 Å². The minimum atomic E-state index is -0.713. The van der Waals surface area contributed by atoms with E-state index in [2.05, 4.69) is 34.6 Å². The summed E-state index contributed by atoms with van der Waals surface area (Å²) in [6.45, 7) is 14.1. The van der Waals surface area contributed by atoms with Gasteiger partial charge in [-0.3, -0.25) is 0 Å². The molecule has 2 aliphatic rings. The van der Waals surface area contributed by atoms with Crippen LogP contribution in [0.5, 0.6) is 0 Å². The summed E-state index contributed by atoms with van der Waals surface area (Å²) in [6, 6.07) is 0. The van der Waals surface area contributed by atoms with Crippen molar-refractivity contribution < 1.29 is 24.1 Å². The smallest absolute Gasteiger partial charge is 0.160 e. The van der Waals surface area contributed by atoms with Crippen LogP contribution in [-0.4, -0.2) is 50.2 Å². The van der Waals surface area contributed by atoms with E-state index in [1.54, 1.807) is 7.11 Å². The lowest BCUT2D eigenvalue weighted by Crippen LogP contribution is -2.50. The quantitative estimate of drug-likeness (QED) is 0.831. The van der Waals surface area contributed by atoms with Crippen molar-refractivity contribution >= 4 is 0 Å². The highest BCUT2D eigenvalue weighted by molar-refractivity contribution is 4.85. The Hall–Kier alpha value is -0.200. The standard InChI is InChI=1S/C19H36O5/c1-10-12(3)17(23-18(20)14(10)5)9-22-19-15(6)11(2)13(4)16(24-19)8-21-7/h10-20H,8-9H2,1-7H3/t10-,11-,12-,13-,14?,15?,16?,17?,18?,19+/m0/s1. The van der Waals surface area contributed by atoms with Gasteiger partial charge in [0.05, 0.1) is 25.4 Å². The second-order valence-electron chi connectivity index (χ2n) is 8.05. The highest BCUT2D eigenvalue weighted by atomic mass is 16.7. The average Bonchev–Trinajstić information content (AvgIpc) is 2.56. The predicted octanol–water partition coefficient (Wildman–Crippen LogP) is 2.91. The molecule has 142 valence electrons. The van der Waals surface area contributed by atoms with E-state index in [1.807, 2.05) is 6.92 Å². The number of methoxy groups -OCH3 is 1. The first-order chi connectivity index (χ1) is 11.3. The molecule has 10 atom stereocenters. The molecule has 0 aliphatic carbocycles. The summed E-state index contributed by atoms with van der Waals surface area (Å²) in [4.78, 5) is 0. The van der Waals surface area contributed by atoms with Crippen LogP contribution in [0.15, 0.2) is 0 Å². The molecule has 5 unspecified atom stereocenters. The van der Waals surface area contributed by atoms with Crippen LogP contribution in [0.25, 0.3) is 0 Å². The zero-order valence-corrected chi connectivity index (χ0v) is 16.3. The third kappa shape index (κ3) is 4.13. The molecular weight excluding hydrogens is 308 g/mol. The predicted molar refractivity (Wildman–Crippen MR) is 92.4 cm³/mol. The van der Waals surface area contributed by atoms with E-state index in [4.69, 9.17) is 18.9 Å². The Morgan fingerprint density at radius 2 is 1.25 bits per heavy atom. The zero-order chi connectivity index (χ0) is 18.0. The number of aliphatic hydroxyl groups excluding tert-OH is 1. The summed E-state index contributed by atoms with van der Waals surface area (Å²) in [5.74, 6) is 2.13. The van der Waals surface area contributed by atoms with Gasteiger partial charge in [-0.2, -0.15) is 0 Å². The average molecular weight is 344 g/mol. The number of hydrogen-bond acceptors (Lipinski definition) is 5. The van der Waals surface area contributed by atoms with Crippen LogP contribution in [0, 0.1) is 35.5 Å². The van der Waals surface area contributed by atoms with Gasteiger partial charge in [0, 0.05) is 18.9 Å². The van der Waals surface area contributed by atoms with Gasteiger partial charge in [-0.15, -0.1) is 0 Å². The highest BCUT2D eigenvalue weighted by Gasteiger charge is 2.42. The van der Waals surface area contributed by atoms with Crippen molar-refractivity contribution in [2.24, 2.45) is 35.5 Å². The molecule has 0 aromatic heterocycles. The van der Waals surface area contributed by atoms with E-state index in [1.165, 1.54) is 0 Å². The van der Waals surface area contributed by atoms with E-state index in [-0.39, 0.29) is 24.4 Å². The Kier molecular flexibility index (Phi) is 7.09. The van der Waals surface area contributed by atoms with Crippen molar-refractivity contribution in [1.82, 2.24) is 0 Å². The van der Waals surface area contributed by atoms with Crippen molar-refractivity contribution in [2.75, 3.05) is 20.3 Å². The Morgan fingerprint density at radius 1 is 0.708 bits per heavy atom. The molecule has 2 heterocycles. The maximum Gasteiger partial charge on any atom is 0.160 e. The van der Waals surface area contributed by atoms with Crippen molar-refractivity contribution in [3.8, 4) is 0 Å². The molecule has 0 aromatic carbocycles. The van der Waals surface area contributed by atoms with Crippen LogP contribution >= 0.6 is 0 Å². The van der Waals surface area contributed by atoms with Crippen molar-refractivity contribution in [3.05, 3.63) is 0 Å². The van der Waals surface area contributed by atoms with Gasteiger partial charge in [0.1, 0.15) is 0 Å². The molecule has 2 rings (SSSR count). The van der Waals surface area contributed by atoms with E-state index >= 15 is 0 Å². The molecule has 2 fully saturated rings. The minimum Gasteiger partial charge on any atom is -0.382 e. The fraction of sp³-hybridized carbons (Fsp3) is 1.00. The fourth-order valence-electron chi connectivity index (χ4n) is 3.92. The molecule has 0 amide bonds. The van der Waals surface area contributed by atoms with Gasteiger partial charge in [-0.25, -0.2) is 0 Å². The topological polar surface area (TPSA) is 57.2 Å². The maximum absolute atomic E-state index is 10.1. The van der Waals surface area contributed by atoms with Crippen LogP contribution in [-0.2, 0) is 18.9 Å². The van der Waals surface area contributed by atoms with Crippen LogP contribution in [0.2, 0.25) is 0 Å². The molecule has 0 spiro atoms. The van der Waals surface area contributed by atoms with E-state index in [0.29, 0.717) is 42.8 Å². The van der Waals surface area contributed by atoms with Crippen LogP contribution in [0.3, 0.4) is 0 Å². The number of hydrogen-bond donors (Lipinski definition) is 1. The van der Waals surface area contributed by atoms with Gasteiger partial charge in [-0.05, 0) is 23.7 Å². The van der Waals surface area contributed by atoms with Crippen LogP contribution in [0.4, 0.5) is 0 Å². The highest BCUT2D eigenvalue weighted by Crippen LogP contribution is 2.37. The summed E-state index contributed by atoms with van der Waals surface area (Å²) in [7, 11) is 1.70. The lowest BCUT2D eigenvalue weighted by atomic mass is 9.78. The normalized spacial score (nSPS) is 50.0. The van der Waals surface area contributed by atoms with Crippen molar-refractivity contribution in [2.45, 2.75) is 66.3 Å². The summed E-state index contributed by atoms with van der Waals surface area (Å²) >= 11 is 0. The second-order valence-corrected chi connectivity index (χ2v) is 8.05. The summed E-state index contributed by atoms with van der Waals surface area (Å²) in [5.41, 5.74) is 0. The first-order valence-corrected chi connectivity index (χ1v) is 9.37. The Morgan fingerprint density at radius 3 is 1.83 bits per heavy atom. The Bertz CT molecular complexity index is 390. The lowest BCUT2D eigenvalue weighted by molar-refractivity contribution is -0.285. The van der Waals surface area contributed by atoms with Gasteiger partial charge in [-0.1, -0.05) is 41.5 Å². The monoisotopic (exact) mass is 344 g/mol. The number of ether oxygens (including phenoxy) is 4. The van der Waals surface area contributed by atoms with Gasteiger partial charge in [0.2, 0.25) is 0 Å². The van der Waals surface area contributed by atoms with Crippen LogP contribution < -0.4 is 0 Å². The van der Waals surface area contributed by atoms with Gasteiger partial charge < -0.3 is 24.1 Å². The molecule has 0 aromatic rings. The first kappa shape index (κ1) is 20.1. The Balaban J connectivity index is 1.94. The fourth-order valence-corrected chi connectivity index (χ4v) is 3.92. The summed E-state index contributed by atoms with van der Waals surface area (Å²) in [5, 5.41) is 10.1. The van der Waals surface area contributed by atoms with E-state index in [0.717, 1.165) is 0 Å². The van der Waals surface area contributed by atoms with Crippen molar-refractivity contribution in [1.29, 1.82) is 0 Å². The summed E-state index contributed by atoms with van der Waals surface area (Å²) in [6.07, 6.45) is -1.01. The third-order valence-corrected chi connectivity index (χ3v) is 6.75. The first-order valence-electron chi connectivity index (χ1n) is 9.37. The van der Waals surface area contributed by atoms with Gasteiger partial charge in [0.25, 0.3) is 0 Å². The third-order valence-electron chi connectivity index (χ3n) is 6.75. The molecule has 0 radical (unpaired) electrons. The molecule has 2 aliphatic heterocycles. The number of aliphatic hydroxyl groups is 1. The maximum atomic E-state index is 10.1. The number of rotatable bonds is 5.